The van der Waals surface area contributed by atoms with E-state index in [-0.39, 0.29) is 17.8 Å². The predicted molar refractivity (Wildman–Crippen MR) is 84.1 cm³/mol. The zero-order valence-corrected chi connectivity index (χ0v) is 13.0. The average molecular weight is 355 g/mol. The van der Waals surface area contributed by atoms with Crippen LogP contribution in [0.3, 0.4) is 0 Å². The third-order valence-corrected chi connectivity index (χ3v) is 2.36. The number of hydrogen-bond donors (Lipinski definition) is 0. The maximum atomic E-state index is 3.94. The first-order valence-corrected chi connectivity index (χ1v) is 6.61. The minimum Gasteiger partial charge on any atom is -0.137 e. The van der Waals surface area contributed by atoms with E-state index in [2.05, 4.69) is 86.6 Å². The Labute approximate surface area is 143 Å². The van der Waals surface area contributed by atoms with Gasteiger partial charge in [-0.2, -0.15) is 0 Å². The molecule has 0 aromatic carbocycles. The molecular formula is C9H9N17. The van der Waals surface area contributed by atoms with E-state index < -0.39 is 0 Å². The third kappa shape index (κ3) is 3.67. The summed E-state index contributed by atoms with van der Waals surface area (Å²) in [7, 11) is 0. The van der Waals surface area contributed by atoms with Gasteiger partial charge in [0.25, 0.3) is 0 Å². The van der Waals surface area contributed by atoms with Gasteiger partial charge in [0.1, 0.15) is 0 Å². The normalized spacial score (nSPS) is 11.2. The van der Waals surface area contributed by atoms with Crippen LogP contribution in [-0.4, -0.2) is 60.6 Å². The molecule has 3 heterocycles. The van der Waals surface area contributed by atoms with Crippen LogP contribution >= 0.6 is 0 Å². The first-order valence-electron chi connectivity index (χ1n) is 6.61. The molecule has 3 aromatic heterocycles. The highest BCUT2D eigenvalue weighted by Crippen LogP contribution is 2.12. The van der Waals surface area contributed by atoms with Crippen molar-refractivity contribution in [2.75, 3.05) is 5.12 Å². The highest BCUT2D eigenvalue weighted by atomic mass is 15.8. The fourth-order valence-corrected chi connectivity index (χ4v) is 1.31. The largest absolute Gasteiger partial charge is 0.311 e. The van der Waals surface area contributed by atoms with Crippen molar-refractivity contribution in [2.24, 2.45) is 20.7 Å². The molecule has 0 N–H and O–H groups in total. The van der Waals surface area contributed by atoms with Gasteiger partial charge >= 0.3 is 17.8 Å². The Morgan fingerprint density at radius 1 is 0.692 bits per heavy atom. The van der Waals surface area contributed by atoms with Crippen molar-refractivity contribution in [3.8, 4) is 0 Å². The Morgan fingerprint density at radius 3 is 1.58 bits per heavy atom. The maximum absolute atomic E-state index is 3.94. The first-order chi connectivity index (χ1) is 12.7. The van der Waals surface area contributed by atoms with Crippen LogP contribution in [0.1, 0.15) is 0 Å². The average Bonchev–Trinajstić information content (AvgIpc) is 3.41. The van der Waals surface area contributed by atoms with E-state index in [1.54, 1.807) is 0 Å². The number of tetrazole rings is 3. The zero-order chi connectivity index (χ0) is 18.4. The summed E-state index contributed by atoms with van der Waals surface area (Å²) in [4.78, 5) is 3.29. The Balaban J connectivity index is 1.86. The van der Waals surface area contributed by atoms with Crippen LogP contribution in [0.4, 0.5) is 17.8 Å². The van der Waals surface area contributed by atoms with E-state index in [1.165, 1.54) is 18.6 Å². The number of rotatable bonds is 8. The van der Waals surface area contributed by atoms with E-state index in [0.29, 0.717) is 0 Å². The molecule has 17 nitrogen and oxygen atoms in total. The van der Waals surface area contributed by atoms with Crippen LogP contribution < -0.4 is 5.12 Å². The van der Waals surface area contributed by atoms with Crippen LogP contribution in [0, 0.1) is 0 Å². The summed E-state index contributed by atoms with van der Waals surface area (Å²) in [6.45, 7) is 10.5. The van der Waals surface area contributed by atoms with Crippen molar-refractivity contribution in [3.05, 3.63) is 19.7 Å². The first kappa shape index (κ1) is 16.3. The molecular weight excluding hydrogens is 346 g/mol. The lowest BCUT2D eigenvalue weighted by Crippen LogP contribution is -2.08. The van der Waals surface area contributed by atoms with Gasteiger partial charge in [0.05, 0.1) is 0 Å². The van der Waals surface area contributed by atoms with Gasteiger partial charge in [0, 0.05) is 18.6 Å². The summed E-state index contributed by atoms with van der Waals surface area (Å²) >= 11 is 0. The van der Waals surface area contributed by atoms with E-state index in [9.17, 15) is 0 Å². The van der Waals surface area contributed by atoms with Crippen molar-refractivity contribution in [3.63, 3.8) is 0 Å². The van der Waals surface area contributed by atoms with Gasteiger partial charge in [-0.1, -0.05) is 50.4 Å². The molecule has 0 unspecified atom stereocenters. The summed E-state index contributed by atoms with van der Waals surface area (Å²) in [5.74, 6) is -0.182. The lowest BCUT2D eigenvalue weighted by molar-refractivity contribution is 0.744. The van der Waals surface area contributed by atoms with Crippen molar-refractivity contribution in [1.29, 1.82) is 0 Å². The number of nitrogens with zero attached hydrogens (tertiary/aromatic N) is 17. The van der Waals surface area contributed by atoms with Crippen LogP contribution in [0.5, 0.6) is 0 Å². The smallest absolute Gasteiger partial charge is 0.137 e. The summed E-state index contributed by atoms with van der Waals surface area (Å²) in [6.07, 6.45) is 3.97. The lowest BCUT2D eigenvalue weighted by atomic mass is 11.0. The molecule has 17 heteroatoms. The molecule has 0 aliphatic carbocycles. The third-order valence-electron chi connectivity index (χ3n) is 2.36. The molecule has 0 saturated heterocycles. The summed E-state index contributed by atoms with van der Waals surface area (Å²) in [6, 6.07) is 0. The fraction of sp³-hybridized carbons (Fsp3) is 0. The van der Waals surface area contributed by atoms with E-state index >= 15 is 0 Å². The summed E-state index contributed by atoms with van der Waals surface area (Å²) in [5, 5.41) is 49.4. The molecule has 0 aliphatic heterocycles. The van der Waals surface area contributed by atoms with Crippen LogP contribution in [0.2, 0.25) is 0 Å². The molecule has 0 atom stereocenters. The standard InChI is InChI=1S/C9H9N17/c1-4-23-15-7(10-18-23)12-21-26(9-14-20-25(6-3)17-9)22-13-8-11-19-24(5-2)16-8/h4-6H,1-3H2/b21-12+,22-13+. The topological polar surface area (TPSA) is 183 Å². The highest BCUT2D eigenvalue weighted by Gasteiger charge is 2.13. The van der Waals surface area contributed by atoms with Gasteiger partial charge in [-0.05, 0) is 26.1 Å². The predicted octanol–water partition coefficient (Wildman–Crippen LogP) is 0.152. The highest BCUT2D eigenvalue weighted by molar-refractivity contribution is 5.25. The number of hydrogen-bond acceptors (Lipinski definition) is 13. The van der Waals surface area contributed by atoms with E-state index in [1.807, 2.05) is 0 Å². The molecule has 0 spiro atoms. The van der Waals surface area contributed by atoms with Gasteiger partial charge in [0.15, 0.2) is 0 Å². The molecule has 3 rings (SSSR count). The van der Waals surface area contributed by atoms with Gasteiger partial charge in [0.2, 0.25) is 0 Å². The van der Waals surface area contributed by atoms with Gasteiger partial charge < -0.3 is 0 Å². The quantitative estimate of drug-likeness (QED) is 0.398. The fourth-order valence-electron chi connectivity index (χ4n) is 1.31. The van der Waals surface area contributed by atoms with Crippen LogP contribution in [0.25, 0.3) is 18.6 Å². The lowest BCUT2D eigenvalue weighted by Gasteiger charge is -2.01. The number of aromatic nitrogens is 12. The van der Waals surface area contributed by atoms with Crippen molar-refractivity contribution < 1.29 is 0 Å². The molecule has 130 valence electrons. The van der Waals surface area contributed by atoms with Crippen LogP contribution in [0.15, 0.2) is 40.4 Å². The molecule has 0 saturated carbocycles. The molecule has 3 aromatic rings. The monoisotopic (exact) mass is 355 g/mol. The van der Waals surface area contributed by atoms with Crippen LogP contribution in [-0.2, 0) is 0 Å². The second-order valence-electron chi connectivity index (χ2n) is 3.95. The minimum absolute atomic E-state index is 0.0584. The Bertz CT molecular complexity index is 914. The van der Waals surface area contributed by atoms with Crippen molar-refractivity contribution in [1.82, 2.24) is 60.6 Å². The SMILES string of the molecule is C=Cn1nnc(/N=N/N(/N=N/c2nnn(C=C)n2)c2nnn(C=C)n2)n1. The zero-order valence-electron chi connectivity index (χ0n) is 13.0. The molecule has 0 fully saturated rings. The molecule has 0 aliphatic rings. The Hall–Kier alpha value is -4.57. The summed E-state index contributed by atoms with van der Waals surface area (Å²) in [5.41, 5.74) is 0. The second kappa shape index (κ2) is 7.33. The number of anilines is 1. The Kier molecular flexibility index (Phi) is 4.60. The van der Waals surface area contributed by atoms with Crippen molar-refractivity contribution in [2.45, 2.75) is 0 Å². The van der Waals surface area contributed by atoms with Crippen molar-refractivity contribution >= 4 is 36.4 Å². The van der Waals surface area contributed by atoms with Gasteiger partial charge in [-0.3, -0.25) is 0 Å². The van der Waals surface area contributed by atoms with Gasteiger partial charge in [-0.15, -0.1) is 29.7 Å². The van der Waals surface area contributed by atoms with E-state index in [4.69, 9.17) is 0 Å². The molecule has 26 heavy (non-hydrogen) atoms. The maximum Gasteiger partial charge on any atom is 0.311 e. The summed E-state index contributed by atoms with van der Waals surface area (Å²) < 4.78 is 0. The molecule has 0 radical (unpaired) electrons. The second-order valence-corrected chi connectivity index (χ2v) is 3.95. The Morgan fingerprint density at radius 2 is 1.15 bits per heavy atom. The van der Waals surface area contributed by atoms with Gasteiger partial charge in [-0.25, -0.2) is 0 Å². The molecule has 0 bridgehead atoms. The minimum atomic E-state index is -0.0652. The molecule has 0 amide bonds. The van der Waals surface area contributed by atoms with E-state index in [0.717, 1.165) is 19.5 Å².